The van der Waals surface area contributed by atoms with Crippen LogP contribution in [0.25, 0.3) is 33.4 Å². The van der Waals surface area contributed by atoms with Gasteiger partial charge in [-0.15, -0.1) is 0 Å². The lowest BCUT2D eigenvalue weighted by atomic mass is 9.91. The minimum Gasteiger partial charge on any atom is -0.478 e. The van der Waals surface area contributed by atoms with Crippen LogP contribution in [0.2, 0.25) is 0 Å². The molecule has 0 spiro atoms. The largest absolute Gasteiger partial charge is 0.478 e. The number of unbranched alkanes of at least 4 members (excludes halogenated alkanes) is 1. The van der Waals surface area contributed by atoms with Crippen molar-refractivity contribution in [3.8, 4) is 22.5 Å². The summed E-state index contributed by atoms with van der Waals surface area (Å²) in [7, 11) is 0. The molecule has 0 aromatic heterocycles. The van der Waals surface area contributed by atoms with Crippen LogP contribution in [0.4, 0.5) is 5.69 Å². The fourth-order valence-electron chi connectivity index (χ4n) is 3.57. The van der Waals surface area contributed by atoms with Gasteiger partial charge in [-0.25, -0.2) is 4.79 Å². The maximum atomic E-state index is 11.9. The maximum Gasteiger partial charge on any atom is 0.336 e. The summed E-state index contributed by atoms with van der Waals surface area (Å²) in [5.41, 5.74) is 3.62. The summed E-state index contributed by atoms with van der Waals surface area (Å²) in [5.74, 6) is -0.563. The Morgan fingerprint density at radius 1 is 1.03 bits per heavy atom. The Labute approximate surface area is 168 Å². The molecule has 1 aliphatic heterocycles. The van der Waals surface area contributed by atoms with E-state index in [0.29, 0.717) is 22.5 Å². The molecular formula is C24H21NO4. The zero-order chi connectivity index (χ0) is 20.4. The number of carboxylic acid groups (broad SMARTS) is 1. The number of carboxylic acids is 1. The van der Waals surface area contributed by atoms with E-state index in [1.807, 2.05) is 24.3 Å². The van der Waals surface area contributed by atoms with Crippen molar-refractivity contribution in [1.29, 1.82) is 0 Å². The molecule has 0 saturated carbocycles. The number of carbonyl (C=O) groups is 1. The summed E-state index contributed by atoms with van der Waals surface area (Å²) in [6.07, 6.45) is 2.15. The van der Waals surface area contributed by atoms with Gasteiger partial charge in [-0.2, -0.15) is 0 Å². The molecule has 1 aliphatic carbocycles. The number of aromatic carboxylic acids is 1. The van der Waals surface area contributed by atoms with Gasteiger partial charge >= 0.3 is 5.97 Å². The van der Waals surface area contributed by atoms with Crippen LogP contribution in [0.5, 0.6) is 0 Å². The van der Waals surface area contributed by atoms with Crippen molar-refractivity contribution < 1.29 is 14.3 Å². The fraction of sp³-hybridized carbons (Fsp3) is 0.167. The van der Waals surface area contributed by atoms with Gasteiger partial charge in [0.15, 0.2) is 5.43 Å². The predicted octanol–water partition coefficient (Wildman–Crippen LogP) is 5.48. The Morgan fingerprint density at radius 2 is 1.86 bits per heavy atom. The SMILES string of the molecule is CCCCNc1ccc2c(-c3ccccc3C(=O)O)c3ccc(=O)cc-3oc2c1. The monoisotopic (exact) mass is 387 g/mol. The third-order valence-electron chi connectivity index (χ3n) is 4.98. The molecule has 4 rings (SSSR count). The Bertz CT molecular complexity index is 1230. The standard InChI is InChI=1S/C24H21NO4/c1-2-3-12-25-15-8-10-19-21(13-15)29-22-14-16(26)9-11-20(22)23(19)17-6-4-5-7-18(17)24(27)28/h4-11,13-14,25H,2-3,12H2,1H3,(H,27,28). The summed E-state index contributed by atoms with van der Waals surface area (Å²) in [5, 5.41) is 13.9. The fourth-order valence-corrected chi connectivity index (χ4v) is 3.57. The molecule has 0 saturated heterocycles. The van der Waals surface area contributed by atoms with Crippen LogP contribution in [0.15, 0.2) is 69.9 Å². The first-order valence-electron chi connectivity index (χ1n) is 9.65. The normalized spacial score (nSPS) is 11.1. The molecule has 1 heterocycles. The molecule has 146 valence electrons. The van der Waals surface area contributed by atoms with Crippen molar-refractivity contribution in [3.05, 3.63) is 76.5 Å². The Balaban J connectivity index is 2.01. The first-order valence-corrected chi connectivity index (χ1v) is 9.65. The smallest absolute Gasteiger partial charge is 0.336 e. The van der Waals surface area contributed by atoms with E-state index in [2.05, 4.69) is 12.2 Å². The van der Waals surface area contributed by atoms with Gasteiger partial charge in [-0.3, -0.25) is 4.79 Å². The molecule has 0 atom stereocenters. The number of hydrogen-bond donors (Lipinski definition) is 2. The number of benzene rings is 3. The zero-order valence-corrected chi connectivity index (χ0v) is 16.1. The molecule has 2 aromatic rings. The van der Waals surface area contributed by atoms with E-state index in [-0.39, 0.29) is 11.0 Å². The van der Waals surface area contributed by atoms with Gasteiger partial charge in [-0.05, 0) is 42.3 Å². The Hall–Kier alpha value is -3.60. The van der Waals surface area contributed by atoms with Crippen molar-refractivity contribution in [2.75, 3.05) is 11.9 Å². The van der Waals surface area contributed by atoms with Gasteiger partial charge < -0.3 is 14.8 Å². The van der Waals surface area contributed by atoms with E-state index < -0.39 is 5.97 Å². The van der Waals surface area contributed by atoms with Gasteiger partial charge in [0.25, 0.3) is 0 Å². The van der Waals surface area contributed by atoms with Gasteiger partial charge in [-0.1, -0.05) is 31.5 Å². The molecule has 5 heteroatoms. The molecule has 0 fully saturated rings. The van der Waals surface area contributed by atoms with E-state index in [9.17, 15) is 14.7 Å². The molecular weight excluding hydrogens is 366 g/mol. The van der Waals surface area contributed by atoms with E-state index in [4.69, 9.17) is 4.42 Å². The van der Waals surface area contributed by atoms with Crippen LogP contribution in [0, 0.1) is 0 Å². The molecule has 5 nitrogen and oxygen atoms in total. The second-order valence-corrected chi connectivity index (χ2v) is 6.98. The summed E-state index contributed by atoms with van der Waals surface area (Å²) < 4.78 is 6.05. The first-order chi connectivity index (χ1) is 14.1. The van der Waals surface area contributed by atoms with Gasteiger partial charge in [0, 0.05) is 40.9 Å². The average molecular weight is 387 g/mol. The summed E-state index contributed by atoms with van der Waals surface area (Å²) in [6.45, 7) is 2.99. The molecule has 2 aromatic carbocycles. The van der Waals surface area contributed by atoms with E-state index in [1.54, 1.807) is 24.3 Å². The van der Waals surface area contributed by atoms with Gasteiger partial charge in [0.05, 0.1) is 5.56 Å². The number of anilines is 1. The van der Waals surface area contributed by atoms with E-state index in [0.717, 1.165) is 36.0 Å². The molecule has 29 heavy (non-hydrogen) atoms. The highest BCUT2D eigenvalue weighted by atomic mass is 16.4. The highest BCUT2D eigenvalue weighted by molar-refractivity contribution is 6.07. The maximum absolute atomic E-state index is 11.9. The van der Waals surface area contributed by atoms with Crippen LogP contribution in [-0.4, -0.2) is 17.6 Å². The lowest BCUT2D eigenvalue weighted by molar-refractivity contribution is 0.0697. The third kappa shape index (κ3) is 3.59. The van der Waals surface area contributed by atoms with Crippen LogP contribution in [0.1, 0.15) is 30.1 Å². The predicted molar refractivity (Wildman–Crippen MR) is 115 cm³/mol. The van der Waals surface area contributed by atoms with Crippen LogP contribution >= 0.6 is 0 Å². The lowest BCUT2D eigenvalue weighted by Crippen LogP contribution is -2.04. The molecule has 2 N–H and O–H groups in total. The summed E-state index contributed by atoms with van der Waals surface area (Å²) >= 11 is 0. The molecule has 0 radical (unpaired) electrons. The quantitative estimate of drug-likeness (QED) is 0.338. The van der Waals surface area contributed by atoms with Crippen molar-refractivity contribution in [2.24, 2.45) is 0 Å². The molecule has 2 aliphatic rings. The number of nitrogens with one attached hydrogen (secondary N) is 1. The van der Waals surface area contributed by atoms with Gasteiger partial charge in [0.1, 0.15) is 11.3 Å². The summed E-state index contributed by atoms with van der Waals surface area (Å²) in [6, 6.07) is 17.3. The Kier molecular flexibility index (Phi) is 5.04. The third-order valence-corrected chi connectivity index (χ3v) is 4.98. The lowest BCUT2D eigenvalue weighted by Gasteiger charge is -2.17. The van der Waals surface area contributed by atoms with Crippen LogP contribution in [0.3, 0.4) is 0 Å². The van der Waals surface area contributed by atoms with Crippen molar-refractivity contribution >= 4 is 22.6 Å². The molecule has 0 bridgehead atoms. The highest BCUT2D eigenvalue weighted by Gasteiger charge is 2.21. The van der Waals surface area contributed by atoms with Crippen molar-refractivity contribution in [3.63, 3.8) is 0 Å². The number of hydrogen-bond acceptors (Lipinski definition) is 4. The Morgan fingerprint density at radius 3 is 2.66 bits per heavy atom. The second kappa shape index (κ2) is 7.80. The molecule has 0 amide bonds. The van der Waals surface area contributed by atoms with E-state index in [1.165, 1.54) is 12.1 Å². The van der Waals surface area contributed by atoms with Gasteiger partial charge in [0.2, 0.25) is 0 Å². The van der Waals surface area contributed by atoms with Crippen LogP contribution in [-0.2, 0) is 0 Å². The van der Waals surface area contributed by atoms with Crippen molar-refractivity contribution in [2.45, 2.75) is 19.8 Å². The second-order valence-electron chi connectivity index (χ2n) is 6.98. The summed E-state index contributed by atoms with van der Waals surface area (Å²) in [4.78, 5) is 23.8. The zero-order valence-electron chi connectivity index (χ0n) is 16.1. The number of fused-ring (bicyclic) bond motifs is 2. The minimum absolute atomic E-state index is 0.157. The minimum atomic E-state index is -0.999. The van der Waals surface area contributed by atoms with E-state index >= 15 is 0 Å². The average Bonchev–Trinajstić information content (AvgIpc) is 2.72. The topological polar surface area (TPSA) is 79.5 Å². The number of rotatable bonds is 6. The van der Waals surface area contributed by atoms with Crippen molar-refractivity contribution in [1.82, 2.24) is 0 Å². The first kappa shape index (κ1) is 18.7. The molecule has 0 unspecified atom stereocenters. The highest BCUT2D eigenvalue weighted by Crippen LogP contribution is 2.41. The van der Waals surface area contributed by atoms with Crippen LogP contribution < -0.4 is 10.7 Å².